The van der Waals surface area contributed by atoms with E-state index in [9.17, 15) is 29.4 Å². The molecule has 2 aromatic rings. The minimum Gasteiger partial charge on any atom is -0.459 e. The number of aliphatic hydroxyl groups excluding tert-OH is 1. The van der Waals surface area contributed by atoms with E-state index in [0.29, 0.717) is 0 Å². The molecule has 44 heavy (non-hydrogen) atoms. The summed E-state index contributed by atoms with van der Waals surface area (Å²) in [6.07, 6.45) is -7.41. The van der Waals surface area contributed by atoms with Crippen LogP contribution in [0.3, 0.4) is 0 Å². The Labute approximate surface area is 255 Å². The molecule has 1 saturated heterocycles. The second-order valence-corrected chi connectivity index (χ2v) is 12.8. The largest absolute Gasteiger partial charge is 0.459 e. The van der Waals surface area contributed by atoms with Crippen molar-refractivity contribution in [1.29, 1.82) is 0 Å². The van der Waals surface area contributed by atoms with Crippen molar-refractivity contribution in [2.75, 3.05) is 0 Å². The zero-order chi connectivity index (χ0) is 32.2. The van der Waals surface area contributed by atoms with Crippen LogP contribution in [0.4, 0.5) is 0 Å². The Morgan fingerprint density at radius 1 is 0.727 bits per heavy atom. The first-order valence-electron chi connectivity index (χ1n) is 14.5. The summed E-state index contributed by atoms with van der Waals surface area (Å²) in [7, 11) is 0. The van der Waals surface area contributed by atoms with E-state index in [2.05, 4.69) is 0 Å². The summed E-state index contributed by atoms with van der Waals surface area (Å²) in [5.74, 6) is -4.01. The number of carbonyl (C=O) groups is 4. The number of carbonyl (C=O) groups excluding carboxylic acids is 4. The maximum Gasteiger partial charge on any atom is 0.338 e. The first-order valence-corrected chi connectivity index (χ1v) is 14.5. The number of benzene rings is 2. The van der Waals surface area contributed by atoms with Crippen molar-refractivity contribution >= 4 is 23.9 Å². The van der Waals surface area contributed by atoms with E-state index in [1.165, 1.54) is 20.8 Å². The van der Waals surface area contributed by atoms with Crippen molar-refractivity contribution in [2.45, 2.75) is 95.3 Å². The van der Waals surface area contributed by atoms with Gasteiger partial charge in [-0.1, -0.05) is 36.4 Å². The number of aliphatic hydroxyl groups is 2. The second kappa shape index (κ2) is 11.0. The highest BCUT2D eigenvalue weighted by molar-refractivity contribution is 5.90. The molecule has 2 aromatic carbocycles. The molecule has 236 valence electrons. The Kier molecular flexibility index (Phi) is 7.89. The van der Waals surface area contributed by atoms with Gasteiger partial charge in [-0.05, 0) is 52.0 Å². The summed E-state index contributed by atoms with van der Waals surface area (Å²) in [6, 6.07) is 16.3. The van der Waals surface area contributed by atoms with Gasteiger partial charge in [-0.3, -0.25) is 9.59 Å². The molecule has 11 nitrogen and oxygen atoms in total. The van der Waals surface area contributed by atoms with Gasteiger partial charge in [-0.15, -0.1) is 0 Å². The lowest BCUT2D eigenvalue weighted by Gasteiger charge is -2.65. The third-order valence-electron chi connectivity index (χ3n) is 9.43. The fraction of sp³-hybridized carbons (Fsp3) is 0.515. The van der Waals surface area contributed by atoms with Crippen molar-refractivity contribution in [1.82, 2.24) is 0 Å². The molecule has 2 saturated carbocycles. The standard InChI is InChI=1S/C33H38O11/c1-18(34)40-25-22(36)17-31(5,39)33-26(41-19(2)35)23(30(3,4)44-33)24(42-28(37)20-13-9-7-10-14-20)27(32(25,33)6)43-29(38)21-15-11-8-12-16-21/h7-16,22-27,36,39H,17H2,1-6H3. The SMILES string of the molecule is CC(=O)OC1C(O)CC(C)(O)C23OC(C)(C)C(C(OC(=O)c4ccccc4)C(OC(=O)c4ccccc4)C12C)C3OC(C)=O. The number of hydrogen-bond acceptors (Lipinski definition) is 11. The Morgan fingerprint density at radius 3 is 1.70 bits per heavy atom. The van der Waals surface area contributed by atoms with Crippen LogP contribution < -0.4 is 0 Å². The highest BCUT2D eigenvalue weighted by atomic mass is 16.6. The third kappa shape index (κ3) is 4.78. The minimum absolute atomic E-state index is 0.181. The molecule has 2 N–H and O–H groups in total. The molecule has 0 aromatic heterocycles. The molecule has 3 aliphatic rings. The Balaban J connectivity index is 1.78. The van der Waals surface area contributed by atoms with Crippen LogP contribution in [0.1, 0.15) is 68.7 Å². The molecule has 1 spiro atoms. The summed E-state index contributed by atoms with van der Waals surface area (Å²) in [5.41, 5.74) is -6.59. The fourth-order valence-electron chi connectivity index (χ4n) is 7.88. The highest BCUT2D eigenvalue weighted by Crippen LogP contribution is 2.69. The molecule has 1 heterocycles. The zero-order valence-corrected chi connectivity index (χ0v) is 25.5. The predicted molar refractivity (Wildman–Crippen MR) is 153 cm³/mol. The number of rotatable bonds is 6. The van der Waals surface area contributed by atoms with Gasteiger partial charge in [0.25, 0.3) is 0 Å². The van der Waals surface area contributed by atoms with Gasteiger partial charge in [0.1, 0.15) is 23.9 Å². The molecule has 5 rings (SSSR count). The highest BCUT2D eigenvalue weighted by Gasteiger charge is 2.86. The summed E-state index contributed by atoms with van der Waals surface area (Å²) < 4.78 is 30.9. The first kappa shape index (κ1) is 31.6. The lowest BCUT2D eigenvalue weighted by atomic mass is 9.46. The van der Waals surface area contributed by atoms with Crippen LogP contribution >= 0.6 is 0 Å². The van der Waals surface area contributed by atoms with E-state index < -0.39 is 82.5 Å². The Bertz CT molecular complexity index is 1440. The zero-order valence-electron chi connectivity index (χ0n) is 25.5. The monoisotopic (exact) mass is 610 g/mol. The van der Waals surface area contributed by atoms with Crippen LogP contribution in [-0.2, 0) is 33.3 Å². The van der Waals surface area contributed by atoms with Crippen molar-refractivity contribution in [2.24, 2.45) is 11.3 Å². The van der Waals surface area contributed by atoms with Crippen LogP contribution in [0.5, 0.6) is 0 Å². The molecule has 0 radical (unpaired) electrons. The van der Waals surface area contributed by atoms with Crippen LogP contribution in [0.15, 0.2) is 60.7 Å². The van der Waals surface area contributed by atoms with Crippen molar-refractivity contribution in [3.63, 3.8) is 0 Å². The average molecular weight is 611 g/mol. The van der Waals surface area contributed by atoms with E-state index in [4.69, 9.17) is 23.7 Å². The van der Waals surface area contributed by atoms with Gasteiger partial charge in [-0.25, -0.2) is 9.59 Å². The van der Waals surface area contributed by atoms with E-state index in [1.54, 1.807) is 74.5 Å². The van der Waals surface area contributed by atoms with Crippen molar-refractivity contribution < 1.29 is 53.1 Å². The molecule has 9 atom stereocenters. The van der Waals surface area contributed by atoms with Crippen molar-refractivity contribution in [3.8, 4) is 0 Å². The van der Waals surface area contributed by atoms with Crippen LogP contribution in [-0.4, -0.2) is 81.4 Å². The van der Waals surface area contributed by atoms with Crippen LogP contribution in [0.25, 0.3) is 0 Å². The smallest absolute Gasteiger partial charge is 0.338 e. The molecule has 1 aliphatic heterocycles. The van der Waals surface area contributed by atoms with E-state index in [1.807, 2.05) is 0 Å². The summed E-state index contributed by atoms with van der Waals surface area (Å²) in [4.78, 5) is 52.5. The quantitative estimate of drug-likeness (QED) is 0.366. The predicted octanol–water partition coefficient (Wildman–Crippen LogP) is 3.00. The number of hydrogen-bond donors (Lipinski definition) is 2. The van der Waals surface area contributed by atoms with Gasteiger partial charge < -0.3 is 33.9 Å². The molecule has 3 fully saturated rings. The number of ether oxygens (including phenoxy) is 5. The molecular weight excluding hydrogens is 572 g/mol. The normalized spacial score (nSPS) is 36.8. The lowest BCUT2D eigenvalue weighted by molar-refractivity contribution is -0.351. The lowest BCUT2D eigenvalue weighted by Crippen LogP contribution is -2.83. The number of esters is 4. The average Bonchev–Trinajstić information content (AvgIpc) is 3.16. The van der Waals surface area contributed by atoms with E-state index in [-0.39, 0.29) is 17.5 Å². The van der Waals surface area contributed by atoms with Gasteiger partial charge in [0.15, 0.2) is 6.10 Å². The summed E-state index contributed by atoms with van der Waals surface area (Å²) in [6.45, 7) is 8.69. The van der Waals surface area contributed by atoms with Gasteiger partial charge in [0.2, 0.25) is 0 Å². The van der Waals surface area contributed by atoms with Gasteiger partial charge in [-0.2, -0.15) is 0 Å². The maximum atomic E-state index is 13.7. The molecule has 2 aliphatic carbocycles. The fourth-order valence-corrected chi connectivity index (χ4v) is 7.88. The molecule has 2 bridgehead atoms. The molecule has 11 heteroatoms. The van der Waals surface area contributed by atoms with E-state index in [0.717, 1.165) is 6.92 Å². The van der Waals surface area contributed by atoms with Gasteiger partial charge >= 0.3 is 23.9 Å². The topological polar surface area (TPSA) is 155 Å². The molecule has 9 unspecified atom stereocenters. The summed E-state index contributed by atoms with van der Waals surface area (Å²) >= 11 is 0. The molecule has 0 amide bonds. The van der Waals surface area contributed by atoms with E-state index >= 15 is 0 Å². The number of fused-ring (bicyclic) bond motifs is 1. The first-order chi connectivity index (χ1) is 20.6. The van der Waals surface area contributed by atoms with Crippen LogP contribution in [0.2, 0.25) is 0 Å². The van der Waals surface area contributed by atoms with Gasteiger partial charge in [0.05, 0.1) is 39.8 Å². The Morgan fingerprint density at radius 2 is 1.20 bits per heavy atom. The summed E-state index contributed by atoms with van der Waals surface area (Å²) in [5, 5.41) is 23.6. The third-order valence-corrected chi connectivity index (χ3v) is 9.43. The van der Waals surface area contributed by atoms with Gasteiger partial charge in [0, 0.05) is 20.3 Å². The Hall–Kier alpha value is -3.80. The van der Waals surface area contributed by atoms with Crippen LogP contribution in [0, 0.1) is 11.3 Å². The van der Waals surface area contributed by atoms with Crippen molar-refractivity contribution in [3.05, 3.63) is 71.8 Å². The maximum absolute atomic E-state index is 13.7. The second-order valence-electron chi connectivity index (χ2n) is 12.8. The molecular formula is C33H38O11. The minimum atomic E-state index is -1.93.